The van der Waals surface area contributed by atoms with Crippen LogP contribution in [0.4, 0.5) is 5.88 Å². The highest BCUT2D eigenvalue weighted by molar-refractivity contribution is 5.75. The molecule has 2 aromatic rings. The topological polar surface area (TPSA) is 64.9 Å². The molecule has 0 aromatic carbocycles. The Labute approximate surface area is 94.5 Å². The van der Waals surface area contributed by atoms with Crippen molar-refractivity contribution in [3.05, 3.63) is 30.2 Å². The minimum absolute atomic E-state index is 0.337. The van der Waals surface area contributed by atoms with Crippen LogP contribution in [0.3, 0.4) is 0 Å². The van der Waals surface area contributed by atoms with Crippen LogP contribution in [-0.2, 0) is 0 Å². The first-order valence-electron chi connectivity index (χ1n) is 5.39. The van der Waals surface area contributed by atoms with E-state index in [2.05, 4.69) is 24.0 Å². The van der Waals surface area contributed by atoms with Crippen LogP contribution < -0.4 is 5.73 Å². The van der Waals surface area contributed by atoms with Gasteiger partial charge in [-0.2, -0.15) is 0 Å². The van der Waals surface area contributed by atoms with E-state index < -0.39 is 0 Å². The predicted molar refractivity (Wildman–Crippen MR) is 62.9 cm³/mol. The zero-order chi connectivity index (χ0) is 11.5. The van der Waals surface area contributed by atoms with E-state index in [-0.39, 0.29) is 0 Å². The number of anilines is 1. The third kappa shape index (κ3) is 1.78. The van der Waals surface area contributed by atoms with Crippen LogP contribution in [0.5, 0.6) is 0 Å². The number of hydrogen-bond acceptors (Lipinski definition) is 4. The molecule has 0 radical (unpaired) electrons. The van der Waals surface area contributed by atoms with E-state index in [1.807, 2.05) is 12.1 Å². The van der Waals surface area contributed by atoms with E-state index in [0.29, 0.717) is 11.8 Å². The van der Waals surface area contributed by atoms with Gasteiger partial charge in [-0.15, -0.1) is 0 Å². The normalized spacial score (nSPS) is 12.6. The van der Waals surface area contributed by atoms with Gasteiger partial charge in [0.2, 0.25) is 5.88 Å². The monoisotopic (exact) mass is 217 g/mol. The molecule has 4 heteroatoms. The van der Waals surface area contributed by atoms with Gasteiger partial charge in [-0.25, -0.2) is 0 Å². The van der Waals surface area contributed by atoms with E-state index in [1.165, 1.54) is 0 Å². The highest BCUT2D eigenvalue weighted by atomic mass is 16.5. The second-order valence-electron chi connectivity index (χ2n) is 3.85. The number of pyridine rings is 1. The Kier molecular flexibility index (Phi) is 2.90. The molecule has 0 saturated carbocycles. The lowest BCUT2D eigenvalue weighted by molar-refractivity contribution is 0.421. The molecule has 2 heterocycles. The molecule has 0 aliphatic carbocycles. The van der Waals surface area contributed by atoms with Crippen molar-refractivity contribution in [1.29, 1.82) is 0 Å². The van der Waals surface area contributed by atoms with Crippen LogP contribution in [-0.4, -0.2) is 10.1 Å². The van der Waals surface area contributed by atoms with Gasteiger partial charge < -0.3 is 10.3 Å². The maximum atomic E-state index is 5.82. The number of rotatable bonds is 3. The first-order chi connectivity index (χ1) is 7.74. The summed E-state index contributed by atoms with van der Waals surface area (Å²) in [5, 5.41) is 4.04. The molecule has 0 bridgehead atoms. The molecule has 4 nitrogen and oxygen atoms in total. The number of aromatic nitrogens is 2. The van der Waals surface area contributed by atoms with Crippen molar-refractivity contribution in [2.75, 3.05) is 5.73 Å². The molecule has 0 saturated heterocycles. The fraction of sp³-hybridized carbons (Fsp3) is 0.333. The highest BCUT2D eigenvalue weighted by Gasteiger charge is 2.19. The van der Waals surface area contributed by atoms with Gasteiger partial charge in [0.25, 0.3) is 0 Å². The Bertz CT molecular complexity index is 464. The van der Waals surface area contributed by atoms with Gasteiger partial charge >= 0.3 is 0 Å². The number of nitrogens with zero attached hydrogens (tertiary/aromatic N) is 2. The Morgan fingerprint density at radius 1 is 1.38 bits per heavy atom. The minimum Gasteiger partial charge on any atom is -0.367 e. The van der Waals surface area contributed by atoms with E-state index in [0.717, 1.165) is 23.2 Å². The SMILES string of the molecule is CCC(C)c1noc(N)c1-c1ccncc1. The zero-order valence-electron chi connectivity index (χ0n) is 9.47. The molecule has 84 valence electrons. The molecule has 2 aromatic heterocycles. The van der Waals surface area contributed by atoms with Crippen LogP contribution in [0.15, 0.2) is 29.0 Å². The standard InChI is InChI=1S/C12H15N3O/c1-3-8(2)11-10(12(13)16-15-11)9-4-6-14-7-5-9/h4-8H,3,13H2,1-2H3. The zero-order valence-corrected chi connectivity index (χ0v) is 9.47. The summed E-state index contributed by atoms with van der Waals surface area (Å²) in [7, 11) is 0. The van der Waals surface area contributed by atoms with Gasteiger partial charge in [-0.1, -0.05) is 19.0 Å². The summed E-state index contributed by atoms with van der Waals surface area (Å²) in [4.78, 5) is 3.99. The number of hydrogen-bond donors (Lipinski definition) is 1. The van der Waals surface area contributed by atoms with Gasteiger partial charge in [0.1, 0.15) is 0 Å². The second-order valence-corrected chi connectivity index (χ2v) is 3.85. The van der Waals surface area contributed by atoms with Gasteiger partial charge in [0.05, 0.1) is 11.3 Å². The third-order valence-corrected chi connectivity index (χ3v) is 2.79. The lowest BCUT2D eigenvalue weighted by Crippen LogP contribution is -1.95. The predicted octanol–water partition coefficient (Wildman–Crippen LogP) is 2.83. The van der Waals surface area contributed by atoms with Gasteiger partial charge in [0, 0.05) is 18.3 Å². The number of nitrogens with two attached hydrogens (primary N) is 1. The van der Waals surface area contributed by atoms with Gasteiger partial charge in [0.15, 0.2) is 0 Å². The van der Waals surface area contributed by atoms with Crippen molar-refractivity contribution in [3.8, 4) is 11.1 Å². The molecule has 2 N–H and O–H groups in total. The van der Waals surface area contributed by atoms with Gasteiger partial charge in [-0.05, 0) is 24.1 Å². The van der Waals surface area contributed by atoms with Crippen molar-refractivity contribution in [3.63, 3.8) is 0 Å². The largest absolute Gasteiger partial charge is 0.367 e. The highest BCUT2D eigenvalue weighted by Crippen LogP contribution is 2.34. The smallest absolute Gasteiger partial charge is 0.230 e. The van der Waals surface area contributed by atoms with Gasteiger partial charge in [-0.3, -0.25) is 4.98 Å². The summed E-state index contributed by atoms with van der Waals surface area (Å²) in [6.07, 6.45) is 4.48. The molecular formula is C12H15N3O. The average Bonchev–Trinajstić information content (AvgIpc) is 2.71. The maximum Gasteiger partial charge on any atom is 0.230 e. The van der Waals surface area contributed by atoms with Crippen LogP contribution in [0.2, 0.25) is 0 Å². The Balaban J connectivity index is 2.52. The lowest BCUT2D eigenvalue weighted by Gasteiger charge is -2.07. The molecule has 16 heavy (non-hydrogen) atoms. The van der Waals surface area contributed by atoms with Crippen LogP contribution in [0.1, 0.15) is 31.9 Å². The third-order valence-electron chi connectivity index (χ3n) is 2.79. The van der Waals surface area contributed by atoms with Crippen molar-refractivity contribution in [1.82, 2.24) is 10.1 Å². The summed E-state index contributed by atoms with van der Waals surface area (Å²) in [5.41, 5.74) is 8.64. The fourth-order valence-corrected chi connectivity index (χ4v) is 1.65. The summed E-state index contributed by atoms with van der Waals surface area (Å²) in [6, 6.07) is 3.82. The van der Waals surface area contributed by atoms with Crippen molar-refractivity contribution >= 4 is 5.88 Å². The molecule has 1 atom stereocenters. The van der Waals surface area contributed by atoms with Crippen LogP contribution in [0.25, 0.3) is 11.1 Å². The molecule has 1 unspecified atom stereocenters. The molecule has 0 spiro atoms. The van der Waals surface area contributed by atoms with E-state index in [1.54, 1.807) is 12.4 Å². The minimum atomic E-state index is 0.337. The van der Waals surface area contributed by atoms with Crippen LogP contribution >= 0.6 is 0 Å². The Hall–Kier alpha value is -1.84. The summed E-state index contributed by atoms with van der Waals surface area (Å²) < 4.78 is 5.08. The molecule has 0 amide bonds. The second kappa shape index (κ2) is 4.35. The van der Waals surface area contributed by atoms with Crippen LogP contribution in [0, 0.1) is 0 Å². The molecular weight excluding hydrogens is 202 g/mol. The number of nitrogen functional groups attached to an aromatic ring is 1. The van der Waals surface area contributed by atoms with E-state index in [9.17, 15) is 0 Å². The van der Waals surface area contributed by atoms with Crippen molar-refractivity contribution in [2.24, 2.45) is 0 Å². The first-order valence-corrected chi connectivity index (χ1v) is 5.39. The maximum absolute atomic E-state index is 5.82. The molecule has 0 aliphatic rings. The molecule has 0 fully saturated rings. The van der Waals surface area contributed by atoms with Crippen molar-refractivity contribution in [2.45, 2.75) is 26.2 Å². The van der Waals surface area contributed by atoms with E-state index in [4.69, 9.17) is 10.3 Å². The fourth-order valence-electron chi connectivity index (χ4n) is 1.65. The summed E-state index contributed by atoms with van der Waals surface area (Å²) in [5.74, 6) is 0.714. The summed E-state index contributed by atoms with van der Waals surface area (Å²) >= 11 is 0. The summed E-state index contributed by atoms with van der Waals surface area (Å²) in [6.45, 7) is 4.23. The molecule has 0 aliphatic heterocycles. The van der Waals surface area contributed by atoms with Crippen molar-refractivity contribution < 1.29 is 4.52 Å². The molecule has 2 rings (SSSR count). The van der Waals surface area contributed by atoms with E-state index >= 15 is 0 Å². The quantitative estimate of drug-likeness (QED) is 0.858. The first kappa shape index (κ1) is 10.7. The Morgan fingerprint density at radius 3 is 2.69 bits per heavy atom. The average molecular weight is 217 g/mol. The Morgan fingerprint density at radius 2 is 2.06 bits per heavy atom. The lowest BCUT2D eigenvalue weighted by atomic mass is 9.97.